The van der Waals surface area contributed by atoms with Crippen LogP contribution in [0.5, 0.6) is 0 Å². The van der Waals surface area contributed by atoms with E-state index in [2.05, 4.69) is 37.1 Å². The normalized spacial score (nSPS) is 28.3. The molecule has 5 rings (SSSR count). The summed E-state index contributed by atoms with van der Waals surface area (Å²) in [6, 6.07) is 0.298. The Balaban J connectivity index is 1.14. The number of rotatable bonds is 10. The van der Waals surface area contributed by atoms with Crippen molar-refractivity contribution in [2.75, 3.05) is 45.1 Å². The molecule has 0 bridgehead atoms. The van der Waals surface area contributed by atoms with E-state index in [0.717, 1.165) is 61.0 Å². The molecule has 0 amide bonds. The number of nitrogens with zero attached hydrogens (tertiary/aromatic N) is 5. The number of likely N-dealkylation sites (tertiary alicyclic amines) is 1. The summed E-state index contributed by atoms with van der Waals surface area (Å²) in [5.41, 5.74) is 5.36. The molecule has 198 valence electrons. The zero-order chi connectivity index (χ0) is 24.9. The molecular formula is C25H40N8O2S. The standard InChI is InChI=1S/C25H40N8O2S/c1-3-35-23-21(20-16-26-27-17-20)8-14-33-24(23)29-25(30-33)28-22-9-13-32(18-19(22)2)36(34)15-7-12-31-10-5-4-6-11-31/h8,14,16-17,19,22,25,28,30H,3-7,9-13,15,18H2,1-2H3,(H,26,27). The Hall–Kier alpha value is -2.05. The quantitative estimate of drug-likeness (QED) is 0.437. The van der Waals surface area contributed by atoms with Crippen LogP contribution in [0.4, 0.5) is 0 Å². The van der Waals surface area contributed by atoms with Crippen LogP contribution in [0.1, 0.15) is 51.5 Å². The van der Waals surface area contributed by atoms with Crippen LogP contribution in [0.25, 0.3) is 5.57 Å². The summed E-state index contributed by atoms with van der Waals surface area (Å²) >= 11 is 0. The zero-order valence-corrected chi connectivity index (χ0v) is 22.3. The van der Waals surface area contributed by atoms with Crippen molar-refractivity contribution in [1.29, 1.82) is 0 Å². The molecule has 36 heavy (non-hydrogen) atoms. The molecule has 1 aromatic heterocycles. The molecule has 0 saturated carbocycles. The van der Waals surface area contributed by atoms with Crippen molar-refractivity contribution < 1.29 is 8.95 Å². The van der Waals surface area contributed by atoms with E-state index in [0.29, 0.717) is 18.6 Å². The van der Waals surface area contributed by atoms with Gasteiger partial charge < -0.3 is 9.64 Å². The van der Waals surface area contributed by atoms with E-state index >= 15 is 0 Å². The second-order valence-corrected chi connectivity index (χ2v) is 11.6. The van der Waals surface area contributed by atoms with Gasteiger partial charge in [-0.25, -0.2) is 13.5 Å². The van der Waals surface area contributed by atoms with Gasteiger partial charge in [-0.1, -0.05) is 13.3 Å². The minimum atomic E-state index is -0.894. The number of aromatic amines is 1. The van der Waals surface area contributed by atoms with Crippen LogP contribution in [-0.2, 0) is 15.7 Å². The Morgan fingerprint density at radius 1 is 1.25 bits per heavy atom. The molecule has 1 aromatic rings. The topological polar surface area (TPSA) is 101 Å². The first-order valence-corrected chi connectivity index (χ1v) is 14.7. The van der Waals surface area contributed by atoms with Crippen LogP contribution in [-0.4, -0.2) is 91.9 Å². The van der Waals surface area contributed by atoms with Crippen molar-refractivity contribution in [1.82, 2.24) is 35.2 Å². The molecule has 0 radical (unpaired) electrons. The van der Waals surface area contributed by atoms with Gasteiger partial charge in [-0.3, -0.25) is 15.4 Å². The van der Waals surface area contributed by atoms with Gasteiger partial charge in [0.25, 0.3) is 0 Å². The fourth-order valence-electron chi connectivity index (χ4n) is 5.49. The number of ether oxygens (including phenoxy) is 1. The van der Waals surface area contributed by atoms with Crippen LogP contribution in [0, 0.1) is 5.92 Å². The van der Waals surface area contributed by atoms with Gasteiger partial charge in [-0.05, 0) is 64.2 Å². The highest BCUT2D eigenvalue weighted by molar-refractivity contribution is 7.82. The molecule has 0 aromatic carbocycles. The number of piperidine rings is 2. The number of hydrogen-bond acceptors (Lipinski definition) is 8. The first-order valence-electron chi connectivity index (χ1n) is 13.4. The molecular weight excluding hydrogens is 476 g/mol. The minimum absolute atomic E-state index is 0.238. The van der Waals surface area contributed by atoms with E-state index in [1.165, 1.54) is 32.4 Å². The van der Waals surface area contributed by atoms with Crippen LogP contribution in [0.3, 0.4) is 0 Å². The molecule has 2 fully saturated rings. The Kier molecular flexibility index (Phi) is 8.53. The Morgan fingerprint density at radius 2 is 2.11 bits per heavy atom. The third-order valence-corrected chi connectivity index (χ3v) is 8.99. The Morgan fingerprint density at radius 3 is 2.86 bits per heavy atom. The van der Waals surface area contributed by atoms with Gasteiger partial charge in [0.2, 0.25) is 0 Å². The van der Waals surface area contributed by atoms with Gasteiger partial charge in [-0.15, -0.1) is 0 Å². The highest BCUT2D eigenvalue weighted by Gasteiger charge is 2.35. The van der Waals surface area contributed by atoms with E-state index < -0.39 is 11.0 Å². The predicted molar refractivity (Wildman–Crippen MR) is 143 cm³/mol. The number of nitrogens with one attached hydrogen (secondary N) is 3. The summed E-state index contributed by atoms with van der Waals surface area (Å²) in [5.74, 6) is 2.67. The minimum Gasteiger partial charge on any atom is -0.489 e. The lowest BCUT2D eigenvalue weighted by atomic mass is 9.95. The number of aliphatic imine (C=N–C) groups is 1. The van der Waals surface area contributed by atoms with Crippen molar-refractivity contribution in [3.63, 3.8) is 0 Å². The van der Waals surface area contributed by atoms with Crippen LogP contribution in [0.15, 0.2) is 35.4 Å². The Labute approximate surface area is 216 Å². The maximum Gasteiger partial charge on any atom is 0.189 e. The van der Waals surface area contributed by atoms with E-state index in [1.807, 2.05) is 30.4 Å². The van der Waals surface area contributed by atoms with Gasteiger partial charge in [0.1, 0.15) is 0 Å². The molecule has 2 saturated heterocycles. The Bertz CT molecular complexity index is 988. The maximum absolute atomic E-state index is 13.0. The second kappa shape index (κ2) is 12.0. The average molecular weight is 517 g/mol. The second-order valence-electron chi connectivity index (χ2n) is 10.0. The van der Waals surface area contributed by atoms with Crippen molar-refractivity contribution in [3.8, 4) is 0 Å². The predicted octanol–water partition coefficient (Wildman–Crippen LogP) is 2.03. The molecule has 4 aliphatic rings. The van der Waals surface area contributed by atoms with Gasteiger partial charge in [0.15, 0.2) is 17.9 Å². The van der Waals surface area contributed by atoms with Crippen molar-refractivity contribution in [2.45, 2.75) is 58.3 Å². The first kappa shape index (κ1) is 25.6. The lowest BCUT2D eigenvalue weighted by Gasteiger charge is -2.37. The molecule has 5 heterocycles. The third kappa shape index (κ3) is 5.91. The van der Waals surface area contributed by atoms with Crippen LogP contribution < -0.4 is 10.7 Å². The molecule has 11 heteroatoms. The third-order valence-electron chi connectivity index (χ3n) is 7.45. The smallest absolute Gasteiger partial charge is 0.189 e. The molecule has 4 aliphatic heterocycles. The lowest BCUT2D eigenvalue weighted by molar-refractivity contribution is 0.194. The van der Waals surface area contributed by atoms with E-state index in [9.17, 15) is 4.21 Å². The summed E-state index contributed by atoms with van der Waals surface area (Å²) < 4.78 is 21.1. The number of allylic oxidation sites excluding steroid dienone is 2. The number of hydrogen-bond donors (Lipinski definition) is 3. The number of amidine groups is 1. The van der Waals surface area contributed by atoms with E-state index in [-0.39, 0.29) is 6.29 Å². The maximum atomic E-state index is 13.0. The largest absolute Gasteiger partial charge is 0.489 e. The van der Waals surface area contributed by atoms with Crippen molar-refractivity contribution >= 4 is 22.4 Å². The summed E-state index contributed by atoms with van der Waals surface area (Å²) in [5, 5.41) is 12.5. The average Bonchev–Trinajstić information content (AvgIpc) is 3.56. The molecule has 0 spiro atoms. The molecule has 4 atom stereocenters. The van der Waals surface area contributed by atoms with Gasteiger partial charge in [0.05, 0.1) is 23.8 Å². The number of hydrazine groups is 1. The molecule has 0 aliphatic carbocycles. The molecule has 4 unspecified atom stereocenters. The van der Waals surface area contributed by atoms with Crippen LogP contribution in [0.2, 0.25) is 0 Å². The van der Waals surface area contributed by atoms with E-state index in [1.54, 1.807) is 6.20 Å². The summed E-state index contributed by atoms with van der Waals surface area (Å²) in [6.07, 6.45) is 13.4. The molecule has 10 nitrogen and oxygen atoms in total. The highest BCUT2D eigenvalue weighted by Crippen LogP contribution is 2.29. The summed E-state index contributed by atoms with van der Waals surface area (Å²) in [4.78, 5) is 7.45. The summed E-state index contributed by atoms with van der Waals surface area (Å²) in [7, 11) is -0.894. The van der Waals surface area contributed by atoms with Crippen LogP contribution >= 0.6 is 0 Å². The summed E-state index contributed by atoms with van der Waals surface area (Å²) in [6.45, 7) is 9.97. The monoisotopic (exact) mass is 516 g/mol. The van der Waals surface area contributed by atoms with Gasteiger partial charge >= 0.3 is 0 Å². The van der Waals surface area contributed by atoms with E-state index in [4.69, 9.17) is 9.73 Å². The van der Waals surface area contributed by atoms with Crippen molar-refractivity contribution in [2.24, 2.45) is 10.9 Å². The molecule has 3 N–H and O–H groups in total. The van der Waals surface area contributed by atoms with Gasteiger partial charge in [-0.2, -0.15) is 10.5 Å². The number of H-pyrrole nitrogens is 1. The SMILES string of the molecule is CCOC1=C(c2cn[nH]c2)C=CN2NC(NC3CCN(S(=O)CCCN4CCCCC4)CC3C)N=C12. The number of aromatic nitrogens is 2. The highest BCUT2D eigenvalue weighted by atomic mass is 32.2. The van der Waals surface area contributed by atoms with Crippen molar-refractivity contribution in [3.05, 3.63) is 36.0 Å². The fraction of sp³-hybridized carbons (Fsp3) is 0.680. The fourth-order valence-corrected chi connectivity index (χ4v) is 6.83. The van der Waals surface area contributed by atoms with Gasteiger partial charge in [0, 0.05) is 48.4 Å². The first-order chi connectivity index (χ1) is 17.6. The number of fused-ring (bicyclic) bond motifs is 1. The lowest BCUT2D eigenvalue weighted by Crippen LogP contribution is -2.54. The zero-order valence-electron chi connectivity index (χ0n) is 21.5.